The first-order valence-corrected chi connectivity index (χ1v) is 6.70. The fourth-order valence-electron chi connectivity index (χ4n) is 2.10. The Labute approximate surface area is 121 Å². The Kier molecular flexibility index (Phi) is 4.89. The molecule has 1 fully saturated rings. The summed E-state index contributed by atoms with van der Waals surface area (Å²) in [4.78, 5) is 33.9. The molecule has 1 aromatic rings. The fourth-order valence-corrected chi connectivity index (χ4v) is 2.10. The SMILES string of the molecule is O=C(O)CNC(=O)c1ccc(NC(=O)[C@H]2CCCN2)cc1. The molecule has 0 bridgehead atoms. The van der Waals surface area contributed by atoms with Gasteiger partial charge in [-0.05, 0) is 43.7 Å². The van der Waals surface area contributed by atoms with Crippen LogP contribution < -0.4 is 16.0 Å². The van der Waals surface area contributed by atoms with Crippen molar-refractivity contribution in [3.8, 4) is 0 Å². The van der Waals surface area contributed by atoms with Gasteiger partial charge in [-0.3, -0.25) is 14.4 Å². The van der Waals surface area contributed by atoms with Gasteiger partial charge in [-0.2, -0.15) is 0 Å². The van der Waals surface area contributed by atoms with E-state index in [1.54, 1.807) is 12.1 Å². The number of aliphatic carboxylic acids is 1. The molecule has 1 saturated heterocycles. The van der Waals surface area contributed by atoms with Crippen molar-refractivity contribution in [3.63, 3.8) is 0 Å². The van der Waals surface area contributed by atoms with E-state index in [1.807, 2.05) is 0 Å². The number of carboxylic acids is 1. The molecule has 1 aliphatic rings. The van der Waals surface area contributed by atoms with Gasteiger partial charge in [0.2, 0.25) is 5.91 Å². The Morgan fingerprint density at radius 1 is 1.24 bits per heavy atom. The van der Waals surface area contributed by atoms with Crippen molar-refractivity contribution < 1.29 is 19.5 Å². The van der Waals surface area contributed by atoms with Gasteiger partial charge in [-0.15, -0.1) is 0 Å². The summed E-state index contributed by atoms with van der Waals surface area (Å²) < 4.78 is 0. The second-order valence-electron chi connectivity index (χ2n) is 4.79. The van der Waals surface area contributed by atoms with E-state index >= 15 is 0 Å². The quantitative estimate of drug-likeness (QED) is 0.619. The molecule has 2 amide bonds. The Morgan fingerprint density at radius 3 is 2.52 bits per heavy atom. The van der Waals surface area contributed by atoms with Crippen LogP contribution in [0, 0.1) is 0 Å². The zero-order valence-corrected chi connectivity index (χ0v) is 11.4. The van der Waals surface area contributed by atoms with Crippen LogP contribution in [0.25, 0.3) is 0 Å². The summed E-state index contributed by atoms with van der Waals surface area (Å²) in [5.74, 6) is -1.65. The molecule has 0 unspecified atom stereocenters. The van der Waals surface area contributed by atoms with Gasteiger partial charge in [0.25, 0.3) is 5.91 Å². The monoisotopic (exact) mass is 291 g/mol. The first-order chi connectivity index (χ1) is 10.1. The maximum Gasteiger partial charge on any atom is 0.322 e. The molecule has 1 aromatic carbocycles. The minimum Gasteiger partial charge on any atom is -0.480 e. The molecule has 0 aliphatic carbocycles. The lowest BCUT2D eigenvalue weighted by atomic mass is 10.1. The van der Waals surface area contributed by atoms with Gasteiger partial charge < -0.3 is 21.1 Å². The van der Waals surface area contributed by atoms with E-state index in [2.05, 4.69) is 16.0 Å². The van der Waals surface area contributed by atoms with Gasteiger partial charge in [-0.25, -0.2) is 0 Å². The summed E-state index contributed by atoms with van der Waals surface area (Å²) in [6.45, 7) is 0.422. The van der Waals surface area contributed by atoms with Gasteiger partial charge in [0.1, 0.15) is 6.54 Å². The molecule has 0 aromatic heterocycles. The lowest BCUT2D eigenvalue weighted by Gasteiger charge is -2.11. The normalized spacial score (nSPS) is 17.2. The van der Waals surface area contributed by atoms with E-state index < -0.39 is 18.4 Å². The number of benzene rings is 1. The second-order valence-corrected chi connectivity index (χ2v) is 4.79. The molecule has 7 heteroatoms. The van der Waals surface area contributed by atoms with E-state index in [-0.39, 0.29) is 11.9 Å². The minimum absolute atomic E-state index is 0.0874. The van der Waals surface area contributed by atoms with Crippen molar-refractivity contribution in [2.45, 2.75) is 18.9 Å². The molecule has 0 saturated carbocycles. The van der Waals surface area contributed by atoms with Crippen LogP contribution in [0.4, 0.5) is 5.69 Å². The number of carbonyl (C=O) groups is 3. The van der Waals surface area contributed by atoms with Gasteiger partial charge in [-0.1, -0.05) is 0 Å². The van der Waals surface area contributed by atoms with Gasteiger partial charge in [0, 0.05) is 11.3 Å². The molecule has 21 heavy (non-hydrogen) atoms. The Hall–Kier alpha value is -2.41. The van der Waals surface area contributed by atoms with Crippen LogP contribution >= 0.6 is 0 Å². The molecule has 1 heterocycles. The Balaban J connectivity index is 1.90. The number of carbonyl (C=O) groups excluding carboxylic acids is 2. The highest BCUT2D eigenvalue weighted by atomic mass is 16.4. The summed E-state index contributed by atoms with van der Waals surface area (Å²) in [6.07, 6.45) is 1.81. The van der Waals surface area contributed by atoms with Crippen LogP contribution in [0.2, 0.25) is 0 Å². The number of carboxylic acid groups (broad SMARTS) is 1. The topological polar surface area (TPSA) is 108 Å². The molecule has 0 radical (unpaired) electrons. The van der Waals surface area contributed by atoms with E-state index in [1.165, 1.54) is 12.1 Å². The van der Waals surface area contributed by atoms with Gasteiger partial charge in [0.05, 0.1) is 6.04 Å². The highest BCUT2D eigenvalue weighted by molar-refractivity contribution is 5.98. The number of amides is 2. The third kappa shape index (κ3) is 4.28. The molecule has 7 nitrogen and oxygen atoms in total. The number of rotatable bonds is 5. The Bertz CT molecular complexity index is 536. The van der Waals surface area contributed by atoms with Crippen LogP contribution in [0.5, 0.6) is 0 Å². The molecule has 2 rings (SSSR count). The summed E-state index contributed by atoms with van der Waals surface area (Å²) in [5.41, 5.74) is 0.941. The summed E-state index contributed by atoms with van der Waals surface area (Å²) in [7, 11) is 0. The first kappa shape index (κ1) is 15.0. The maximum atomic E-state index is 11.9. The lowest BCUT2D eigenvalue weighted by molar-refractivity contribution is -0.135. The first-order valence-electron chi connectivity index (χ1n) is 6.70. The number of hydrogen-bond donors (Lipinski definition) is 4. The third-order valence-corrected chi connectivity index (χ3v) is 3.19. The standard InChI is InChI=1S/C14H17N3O4/c18-12(19)8-16-13(20)9-3-5-10(6-4-9)17-14(21)11-2-1-7-15-11/h3-6,11,15H,1-2,7-8H2,(H,16,20)(H,17,21)(H,18,19)/t11-/m1/s1. The van der Waals surface area contributed by atoms with Crippen LogP contribution in [0.15, 0.2) is 24.3 Å². The maximum absolute atomic E-state index is 11.9. The second kappa shape index (κ2) is 6.85. The predicted octanol–water partition coefficient (Wildman–Crippen LogP) is 0.191. The van der Waals surface area contributed by atoms with Crippen molar-refractivity contribution >= 4 is 23.5 Å². The van der Waals surface area contributed by atoms with Crippen molar-refractivity contribution in [3.05, 3.63) is 29.8 Å². The average Bonchev–Trinajstić information content (AvgIpc) is 3.00. The summed E-state index contributed by atoms with van der Waals surface area (Å²) >= 11 is 0. The van der Waals surface area contributed by atoms with Crippen LogP contribution in [0.3, 0.4) is 0 Å². The fraction of sp³-hybridized carbons (Fsp3) is 0.357. The zero-order chi connectivity index (χ0) is 15.2. The van der Waals surface area contributed by atoms with Crippen molar-refractivity contribution in [2.75, 3.05) is 18.4 Å². The molecule has 4 N–H and O–H groups in total. The highest BCUT2D eigenvalue weighted by Gasteiger charge is 2.21. The van der Waals surface area contributed by atoms with Crippen LogP contribution in [-0.4, -0.2) is 42.0 Å². The predicted molar refractivity (Wildman–Crippen MR) is 76.1 cm³/mol. The Morgan fingerprint density at radius 2 is 1.95 bits per heavy atom. The molecular formula is C14H17N3O4. The summed E-state index contributed by atoms with van der Waals surface area (Å²) in [5, 5.41) is 16.6. The largest absolute Gasteiger partial charge is 0.480 e. The summed E-state index contributed by atoms with van der Waals surface area (Å²) in [6, 6.07) is 6.14. The van der Waals surface area contributed by atoms with Crippen molar-refractivity contribution in [1.29, 1.82) is 0 Å². The number of nitrogens with one attached hydrogen (secondary N) is 3. The lowest BCUT2D eigenvalue weighted by Crippen LogP contribution is -2.35. The molecule has 1 aliphatic heterocycles. The van der Waals surface area contributed by atoms with Crippen LogP contribution in [-0.2, 0) is 9.59 Å². The van der Waals surface area contributed by atoms with Crippen LogP contribution in [0.1, 0.15) is 23.2 Å². The van der Waals surface area contributed by atoms with Gasteiger partial charge >= 0.3 is 5.97 Å². The molecule has 112 valence electrons. The van der Waals surface area contributed by atoms with E-state index in [9.17, 15) is 14.4 Å². The van der Waals surface area contributed by atoms with Crippen molar-refractivity contribution in [1.82, 2.24) is 10.6 Å². The smallest absolute Gasteiger partial charge is 0.322 e. The van der Waals surface area contributed by atoms with E-state index in [0.29, 0.717) is 11.3 Å². The van der Waals surface area contributed by atoms with Crippen molar-refractivity contribution in [2.24, 2.45) is 0 Å². The molecule has 1 atom stereocenters. The van der Waals surface area contributed by atoms with E-state index in [4.69, 9.17) is 5.11 Å². The minimum atomic E-state index is -1.10. The average molecular weight is 291 g/mol. The number of anilines is 1. The van der Waals surface area contributed by atoms with E-state index in [0.717, 1.165) is 19.4 Å². The third-order valence-electron chi connectivity index (χ3n) is 3.19. The van der Waals surface area contributed by atoms with Gasteiger partial charge in [0.15, 0.2) is 0 Å². The highest BCUT2D eigenvalue weighted by Crippen LogP contribution is 2.12. The zero-order valence-electron chi connectivity index (χ0n) is 11.4. The number of hydrogen-bond acceptors (Lipinski definition) is 4. The molecule has 0 spiro atoms. The molecular weight excluding hydrogens is 274 g/mol.